The van der Waals surface area contributed by atoms with Crippen LogP contribution in [-0.2, 0) is 11.3 Å². The molecular weight excluding hydrogens is 388 g/mol. The molecule has 1 amide bonds. The lowest BCUT2D eigenvalue weighted by Gasteiger charge is -2.16. The van der Waals surface area contributed by atoms with Gasteiger partial charge in [-0.05, 0) is 43.0 Å². The lowest BCUT2D eigenvalue weighted by Crippen LogP contribution is -2.36. The summed E-state index contributed by atoms with van der Waals surface area (Å²) >= 11 is 0. The molecule has 8 nitrogen and oxygen atoms in total. The van der Waals surface area contributed by atoms with Crippen molar-refractivity contribution in [2.45, 2.75) is 19.4 Å². The summed E-state index contributed by atoms with van der Waals surface area (Å²) in [4.78, 5) is 36.3. The maximum Gasteiger partial charge on any atom is 0.322 e. The van der Waals surface area contributed by atoms with Crippen LogP contribution in [0.4, 0.5) is 0 Å². The summed E-state index contributed by atoms with van der Waals surface area (Å²) in [5, 5.41) is 21.9. The Kier molecular flexibility index (Phi) is 5.14. The maximum atomic E-state index is 13.1. The Morgan fingerprint density at radius 1 is 1.10 bits per heavy atom. The summed E-state index contributed by atoms with van der Waals surface area (Å²) in [5.74, 6) is -1.21. The number of hydrogen-bond donors (Lipinski definition) is 3. The van der Waals surface area contributed by atoms with E-state index in [0.717, 1.165) is 12.8 Å². The topological polar surface area (TPSA) is 118 Å². The smallest absolute Gasteiger partial charge is 0.322 e. The molecule has 8 heteroatoms. The number of rotatable bonds is 7. The predicted molar refractivity (Wildman–Crippen MR) is 109 cm³/mol. The van der Waals surface area contributed by atoms with Gasteiger partial charge in [-0.2, -0.15) is 0 Å². The molecule has 3 aromatic rings. The van der Waals surface area contributed by atoms with Gasteiger partial charge in [0.2, 0.25) is 0 Å². The van der Waals surface area contributed by atoms with E-state index in [4.69, 9.17) is 9.84 Å². The lowest BCUT2D eigenvalue weighted by molar-refractivity contribution is -0.135. The predicted octanol–water partition coefficient (Wildman–Crippen LogP) is 2.72. The number of aromatic nitrogens is 1. The van der Waals surface area contributed by atoms with Crippen LogP contribution in [-0.4, -0.2) is 33.2 Å². The number of hydrogen-bond acceptors (Lipinski definition) is 5. The van der Waals surface area contributed by atoms with Gasteiger partial charge in [-0.15, -0.1) is 0 Å². The third-order valence-electron chi connectivity index (χ3n) is 4.95. The number of pyridine rings is 1. The van der Waals surface area contributed by atoms with Crippen molar-refractivity contribution in [3.8, 4) is 17.2 Å². The second-order valence-corrected chi connectivity index (χ2v) is 7.25. The van der Waals surface area contributed by atoms with Crippen LogP contribution < -0.4 is 15.6 Å². The molecule has 0 bridgehead atoms. The Morgan fingerprint density at radius 3 is 2.50 bits per heavy atom. The van der Waals surface area contributed by atoms with Gasteiger partial charge in [-0.3, -0.25) is 14.4 Å². The Bertz CT molecular complexity index is 1180. The normalized spacial score (nSPS) is 13.2. The van der Waals surface area contributed by atoms with Crippen molar-refractivity contribution in [2.75, 3.05) is 6.54 Å². The van der Waals surface area contributed by atoms with E-state index in [2.05, 4.69) is 5.32 Å². The molecule has 1 saturated carbocycles. The molecule has 2 aromatic carbocycles. The molecule has 1 aliphatic carbocycles. The van der Waals surface area contributed by atoms with Crippen molar-refractivity contribution >= 4 is 22.8 Å². The number of ether oxygens (including phenoxy) is 1. The van der Waals surface area contributed by atoms with Crippen molar-refractivity contribution in [1.29, 1.82) is 0 Å². The molecule has 4 rings (SSSR count). The number of amides is 1. The molecule has 0 saturated heterocycles. The number of aromatic hydroxyl groups is 1. The molecule has 1 heterocycles. The van der Waals surface area contributed by atoms with Crippen LogP contribution in [0.1, 0.15) is 23.2 Å². The first-order valence-corrected chi connectivity index (χ1v) is 9.56. The average molecular weight is 408 g/mol. The standard InChI is InChI=1S/C22H20N2O6/c25-18(26)11-23-21(28)19-20(27)16-9-8-15(30-14-4-2-1-3-5-14)10-17(16)24(22(19)29)12-13-6-7-13/h1-5,8-10,13,27H,6-7,11-12H2,(H,23,28)(H,25,26). The van der Waals surface area contributed by atoms with E-state index in [0.29, 0.717) is 34.9 Å². The first kappa shape index (κ1) is 19.5. The highest BCUT2D eigenvalue weighted by Crippen LogP contribution is 2.35. The van der Waals surface area contributed by atoms with Gasteiger partial charge in [0.05, 0.1) is 5.52 Å². The van der Waals surface area contributed by atoms with Crippen LogP contribution in [0.15, 0.2) is 53.3 Å². The number of carboxylic acids is 1. The highest BCUT2D eigenvalue weighted by molar-refractivity contribution is 6.03. The van der Waals surface area contributed by atoms with Crippen molar-refractivity contribution < 1.29 is 24.5 Å². The van der Waals surface area contributed by atoms with E-state index in [1.807, 2.05) is 18.2 Å². The zero-order valence-electron chi connectivity index (χ0n) is 16.0. The van der Waals surface area contributed by atoms with Crippen LogP contribution in [0.3, 0.4) is 0 Å². The van der Waals surface area contributed by atoms with E-state index < -0.39 is 35.3 Å². The molecule has 154 valence electrons. The highest BCUT2D eigenvalue weighted by Gasteiger charge is 2.27. The molecule has 3 N–H and O–H groups in total. The number of nitrogens with one attached hydrogen (secondary N) is 1. The van der Waals surface area contributed by atoms with Gasteiger partial charge in [-0.25, -0.2) is 0 Å². The Hall–Kier alpha value is -3.81. The molecule has 0 atom stereocenters. The van der Waals surface area contributed by atoms with Crippen LogP contribution in [0.5, 0.6) is 17.2 Å². The van der Waals surface area contributed by atoms with Crippen molar-refractivity contribution in [1.82, 2.24) is 9.88 Å². The number of benzene rings is 2. The zero-order chi connectivity index (χ0) is 21.3. The fourth-order valence-corrected chi connectivity index (χ4v) is 3.29. The Labute approximate surface area is 171 Å². The van der Waals surface area contributed by atoms with Gasteiger partial charge < -0.3 is 24.8 Å². The number of nitrogens with zero attached hydrogens (tertiary/aromatic N) is 1. The molecule has 0 radical (unpaired) electrons. The number of para-hydroxylation sites is 1. The minimum absolute atomic E-state index is 0.316. The van der Waals surface area contributed by atoms with Gasteiger partial charge in [0, 0.05) is 18.0 Å². The molecule has 1 aromatic heterocycles. The van der Waals surface area contributed by atoms with Gasteiger partial charge in [0.15, 0.2) is 0 Å². The van der Waals surface area contributed by atoms with Gasteiger partial charge in [0.1, 0.15) is 29.4 Å². The van der Waals surface area contributed by atoms with Crippen LogP contribution >= 0.6 is 0 Å². The SMILES string of the molecule is O=C(O)CNC(=O)c1c(O)c2ccc(Oc3ccccc3)cc2n(CC2CC2)c1=O. The molecule has 0 aliphatic heterocycles. The van der Waals surface area contributed by atoms with Gasteiger partial charge >= 0.3 is 5.97 Å². The van der Waals surface area contributed by atoms with Crippen LogP contribution in [0.2, 0.25) is 0 Å². The molecule has 1 fully saturated rings. The van der Waals surface area contributed by atoms with E-state index in [1.165, 1.54) is 4.57 Å². The van der Waals surface area contributed by atoms with Crippen LogP contribution in [0.25, 0.3) is 10.9 Å². The fourth-order valence-electron chi connectivity index (χ4n) is 3.29. The molecule has 0 unspecified atom stereocenters. The fraction of sp³-hybridized carbons (Fsp3) is 0.227. The summed E-state index contributed by atoms with van der Waals surface area (Å²) in [5.41, 5.74) is -0.666. The third kappa shape index (κ3) is 3.98. The number of carboxylic acid groups (broad SMARTS) is 1. The molecular formula is C22H20N2O6. The van der Waals surface area contributed by atoms with Crippen molar-refractivity contribution in [3.63, 3.8) is 0 Å². The first-order valence-electron chi connectivity index (χ1n) is 9.56. The minimum Gasteiger partial charge on any atom is -0.506 e. The van der Waals surface area contributed by atoms with E-state index in [1.54, 1.807) is 30.3 Å². The van der Waals surface area contributed by atoms with Crippen LogP contribution in [0, 0.1) is 5.92 Å². The average Bonchev–Trinajstić information content (AvgIpc) is 3.54. The number of carbonyl (C=O) groups is 2. The second-order valence-electron chi connectivity index (χ2n) is 7.25. The number of fused-ring (bicyclic) bond motifs is 1. The highest BCUT2D eigenvalue weighted by atomic mass is 16.5. The monoisotopic (exact) mass is 408 g/mol. The number of aliphatic carboxylic acids is 1. The van der Waals surface area contributed by atoms with E-state index in [9.17, 15) is 19.5 Å². The quantitative estimate of drug-likeness (QED) is 0.553. The summed E-state index contributed by atoms with van der Waals surface area (Å²) in [6.07, 6.45) is 1.96. The Morgan fingerprint density at radius 2 is 1.83 bits per heavy atom. The summed E-state index contributed by atoms with van der Waals surface area (Å²) in [6, 6.07) is 14.0. The van der Waals surface area contributed by atoms with E-state index >= 15 is 0 Å². The van der Waals surface area contributed by atoms with Gasteiger partial charge in [0.25, 0.3) is 11.5 Å². The second kappa shape index (κ2) is 7.90. The molecule has 1 aliphatic rings. The zero-order valence-corrected chi connectivity index (χ0v) is 16.0. The van der Waals surface area contributed by atoms with Gasteiger partial charge in [-0.1, -0.05) is 18.2 Å². The first-order chi connectivity index (χ1) is 14.4. The minimum atomic E-state index is -1.25. The lowest BCUT2D eigenvalue weighted by atomic mass is 10.1. The Balaban J connectivity index is 1.81. The summed E-state index contributed by atoms with van der Waals surface area (Å²) in [6.45, 7) is -0.244. The van der Waals surface area contributed by atoms with E-state index in [-0.39, 0.29) is 0 Å². The van der Waals surface area contributed by atoms with Crippen molar-refractivity contribution in [3.05, 3.63) is 64.4 Å². The number of carbonyl (C=O) groups excluding carboxylic acids is 1. The summed E-state index contributed by atoms with van der Waals surface area (Å²) < 4.78 is 7.30. The third-order valence-corrected chi connectivity index (χ3v) is 4.95. The largest absolute Gasteiger partial charge is 0.506 e. The molecule has 30 heavy (non-hydrogen) atoms. The molecule has 0 spiro atoms. The summed E-state index contributed by atoms with van der Waals surface area (Å²) in [7, 11) is 0. The van der Waals surface area contributed by atoms with Crippen molar-refractivity contribution in [2.24, 2.45) is 5.92 Å². The maximum absolute atomic E-state index is 13.1.